The van der Waals surface area contributed by atoms with Crippen LogP contribution in [0.5, 0.6) is 0 Å². The number of benzene rings is 1. The largest absolute Gasteiger partial charge is 0.408 e. The van der Waals surface area contributed by atoms with Gasteiger partial charge in [-0.2, -0.15) is 5.10 Å². The molecule has 10 heteroatoms. The fourth-order valence-electron chi connectivity index (χ4n) is 3.53. The molecule has 2 aromatic heterocycles. The van der Waals surface area contributed by atoms with Gasteiger partial charge in [0.05, 0.1) is 25.0 Å². The molecule has 4 rings (SSSR count). The molecule has 1 aliphatic heterocycles. The van der Waals surface area contributed by atoms with Gasteiger partial charge in [0.15, 0.2) is 11.5 Å². The van der Waals surface area contributed by atoms with E-state index in [0.29, 0.717) is 21.2 Å². The van der Waals surface area contributed by atoms with Crippen LogP contribution in [0.1, 0.15) is 40.2 Å². The van der Waals surface area contributed by atoms with Crippen molar-refractivity contribution < 1.29 is 9.16 Å². The van der Waals surface area contributed by atoms with E-state index in [4.69, 9.17) is 9.16 Å². The predicted molar refractivity (Wildman–Crippen MR) is 131 cm³/mol. The lowest BCUT2D eigenvalue weighted by molar-refractivity contribution is 0.107. The standard InChI is InChI=1S/C22H29BrN6O2Si/c1-21(2,3)32-31-22(4,5)16-12-15(6-7-17(16)28-8-10-30-11-9-28)27-19-20-25-14-26-29(20)18(23)13-24-19/h6-7,12-14H,8-11H2,1-5H3,(H,24,27). The van der Waals surface area contributed by atoms with Crippen LogP contribution in [0.15, 0.2) is 35.3 Å². The zero-order valence-corrected chi connectivity index (χ0v) is 21.7. The molecular formula is C22H29BrN6O2Si. The van der Waals surface area contributed by atoms with Crippen molar-refractivity contribution in [2.75, 3.05) is 36.5 Å². The van der Waals surface area contributed by atoms with Crippen LogP contribution in [0.4, 0.5) is 17.2 Å². The molecule has 0 amide bonds. The van der Waals surface area contributed by atoms with Gasteiger partial charge in [-0.15, -0.1) is 0 Å². The summed E-state index contributed by atoms with van der Waals surface area (Å²) in [5.41, 5.74) is 3.43. The Labute approximate surface area is 199 Å². The number of anilines is 3. The average Bonchev–Trinajstić information content (AvgIpc) is 3.26. The summed E-state index contributed by atoms with van der Waals surface area (Å²) < 4.78 is 14.5. The molecule has 1 aliphatic rings. The highest BCUT2D eigenvalue weighted by molar-refractivity contribution is 9.10. The van der Waals surface area contributed by atoms with Gasteiger partial charge in [-0.3, -0.25) is 0 Å². The molecule has 0 spiro atoms. The summed E-state index contributed by atoms with van der Waals surface area (Å²) in [6.07, 6.45) is 3.23. The molecule has 0 saturated carbocycles. The first-order valence-electron chi connectivity index (χ1n) is 10.7. The molecule has 170 valence electrons. The van der Waals surface area contributed by atoms with Crippen molar-refractivity contribution in [1.82, 2.24) is 19.6 Å². The molecule has 8 nitrogen and oxygen atoms in total. The van der Waals surface area contributed by atoms with E-state index in [-0.39, 0.29) is 5.04 Å². The lowest BCUT2D eigenvalue weighted by atomic mass is 9.95. The fourth-order valence-corrected chi connectivity index (χ4v) is 4.56. The van der Waals surface area contributed by atoms with E-state index in [1.165, 1.54) is 12.0 Å². The first kappa shape index (κ1) is 23.2. The topological polar surface area (TPSA) is 76.8 Å². The van der Waals surface area contributed by atoms with Gasteiger partial charge < -0.3 is 19.4 Å². The Morgan fingerprint density at radius 2 is 1.88 bits per heavy atom. The fraction of sp³-hybridized carbons (Fsp3) is 0.500. The number of hydrogen-bond donors (Lipinski definition) is 1. The average molecular weight is 518 g/mol. The number of hydrogen-bond acceptors (Lipinski definition) is 7. The van der Waals surface area contributed by atoms with Crippen LogP contribution in [0, 0.1) is 0 Å². The Balaban J connectivity index is 1.70. The number of morpholine rings is 1. The molecule has 3 aromatic rings. The molecule has 0 unspecified atom stereocenters. The summed E-state index contributed by atoms with van der Waals surface area (Å²) in [5, 5.41) is 7.77. The van der Waals surface area contributed by atoms with E-state index in [9.17, 15) is 0 Å². The highest BCUT2D eigenvalue weighted by atomic mass is 79.9. The van der Waals surface area contributed by atoms with E-state index in [2.05, 4.69) is 94.0 Å². The normalized spacial score (nSPS) is 15.4. The van der Waals surface area contributed by atoms with Crippen LogP contribution in [0.2, 0.25) is 5.04 Å². The van der Waals surface area contributed by atoms with Gasteiger partial charge in [-0.25, -0.2) is 14.5 Å². The number of nitrogens with zero attached hydrogens (tertiary/aromatic N) is 5. The Morgan fingerprint density at radius 3 is 2.59 bits per heavy atom. The maximum atomic E-state index is 6.48. The van der Waals surface area contributed by atoms with Crippen molar-refractivity contribution >= 4 is 48.5 Å². The van der Waals surface area contributed by atoms with Crippen molar-refractivity contribution in [2.45, 2.75) is 45.3 Å². The van der Waals surface area contributed by atoms with E-state index in [0.717, 1.165) is 42.2 Å². The third-order valence-electron chi connectivity index (χ3n) is 5.13. The number of fused-ring (bicyclic) bond motifs is 1. The minimum absolute atomic E-state index is 0.104. The van der Waals surface area contributed by atoms with Crippen LogP contribution in [-0.2, 0) is 14.8 Å². The molecule has 0 aliphatic carbocycles. The molecule has 0 atom stereocenters. The van der Waals surface area contributed by atoms with Gasteiger partial charge in [0.1, 0.15) is 10.9 Å². The van der Waals surface area contributed by atoms with Crippen molar-refractivity contribution in [1.29, 1.82) is 0 Å². The lowest BCUT2D eigenvalue weighted by Gasteiger charge is -2.36. The minimum Gasteiger partial charge on any atom is -0.408 e. The summed E-state index contributed by atoms with van der Waals surface area (Å²) in [4.78, 5) is 11.2. The van der Waals surface area contributed by atoms with Gasteiger partial charge >= 0.3 is 0 Å². The molecule has 2 radical (unpaired) electrons. The summed E-state index contributed by atoms with van der Waals surface area (Å²) in [6.45, 7) is 14.1. The summed E-state index contributed by atoms with van der Waals surface area (Å²) in [7, 11) is 0.381. The Hall–Kier alpha value is -2.01. The zero-order chi connectivity index (χ0) is 22.9. The first-order valence-corrected chi connectivity index (χ1v) is 12.4. The van der Waals surface area contributed by atoms with Crippen LogP contribution >= 0.6 is 15.9 Å². The third-order valence-corrected chi connectivity index (χ3v) is 6.90. The first-order chi connectivity index (χ1) is 15.1. The van der Waals surface area contributed by atoms with E-state index < -0.39 is 5.60 Å². The number of nitrogens with one attached hydrogen (secondary N) is 1. The van der Waals surface area contributed by atoms with Crippen molar-refractivity contribution in [3.8, 4) is 0 Å². The Morgan fingerprint density at radius 1 is 1.12 bits per heavy atom. The Bertz CT molecular complexity index is 1090. The van der Waals surface area contributed by atoms with Crippen molar-refractivity contribution in [3.63, 3.8) is 0 Å². The number of ether oxygens (including phenoxy) is 1. The Kier molecular flexibility index (Phi) is 6.58. The summed E-state index contributed by atoms with van der Waals surface area (Å²) in [5.74, 6) is 0.645. The summed E-state index contributed by atoms with van der Waals surface area (Å²) in [6, 6.07) is 6.40. The van der Waals surface area contributed by atoms with Gasteiger partial charge in [0, 0.05) is 30.0 Å². The van der Waals surface area contributed by atoms with Crippen LogP contribution in [0.25, 0.3) is 5.65 Å². The van der Waals surface area contributed by atoms with E-state index in [1.807, 2.05) is 0 Å². The molecule has 1 aromatic carbocycles. The SMILES string of the molecule is CC(C)(C)[Si]OC(C)(C)c1cc(Nc2ncc(Br)n3ncnc23)ccc1N1CCOCC1. The molecule has 32 heavy (non-hydrogen) atoms. The zero-order valence-electron chi connectivity index (χ0n) is 19.1. The molecular weight excluding hydrogens is 488 g/mol. The highest BCUT2D eigenvalue weighted by Gasteiger charge is 2.30. The molecule has 1 N–H and O–H groups in total. The van der Waals surface area contributed by atoms with Gasteiger partial charge in [-0.1, -0.05) is 20.8 Å². The lowest BCUT2D eigenvalue weighted by Crippen LogP contribution is -2.38. The van der Waals surface area contributed by atoms with E-state index >= 15 is 0 Å². The van der Waals surface area contributed by atoms with Gasteiger partial charge in [-0.05, 0) is 53.0 Å². The second-order valence-corrected chi connectivity index (χ2v) is 12.1. The number of aromatic nitrogens is 4. The second-order valence-electron chi connectivity index (χ2n) is 9.35. The number of rotatable bonds is 6. The highest BCUT2D eigenvalue weighted by Crippen LogP contribution is 2.38. The summed E-state index contributed by atoms with van der Waals surface area (Å²) >= 11 is 3.46. The van der Waals surface area contributed by atoms with Gasteiger partial charge in [0.2, 0.25) is 9.76 Å². The quantitative estimate of drug-likeness (QED) is 0.481. The number of halogens is 1. The monoisotopic (exact) mass is 516 g/mol. The third kappa shape index (κ3) is 5.14. The molecule has 3 heterocycles. The minimum atomic E-state index is -0.464. The maximum absolute atomic E-state index is 6.48. The van der Waals surface area contributed by atoms with Crippen LogP contribution in [-0.4, -0.2) is 55.6 Å². The van der Waals surface area contributed by atoms with Crippen LogP contribution in [0.3, 0.4) is 0 Å². The van der Waals surface area contributed by atoms with Crippen LogP contribution < -0.4 is 10.2 Å². The van der Waals surface area contributed by atoms with Gasteiger partial charge in [0.25, 0.3) is 0 Å². The maximum Gasteiger partial charge on any atom is 0.236 e. The predicted octanol–water partition coefficient (Wildman–Crippen LogP) is 4.56. The molecule has 1 fully saturated rings. The smallest absolute Gasteiger partial charge is 0.236 e. The molecule has 1 saturated heterocycles. The van der Waals surface area contributed by atoms with E-state index in [1.54, 1.807) is 10.7 Å². The van der Waals surface area contributed by atoms with Crippen molar-refractivity contribution in [3.05, 3.63) is 40.9 Å². The second kappa shape index (κ2) is 9.09. The molecule has 0 bridgehead atoms. The van der Waals surface area contributed by atoms with Crippen molar-refractivity contribution in [2.24, 2.45) is 0 Å².